The van der Waals surface area contributed by atoms with E-state index < -0.39 is 0 Å². The van der Waals surface area contributed by atoms with Gasteiger partial charge in [-0.25, -0.2) is 9.18 Å². The average molecular weight is 344 g/mol. The van der Waals surface area contributed by atoms with Crippen LogP contribution in [0.25, 0.3) is 0 Å². The van der Waals surface area contributed by atoms with Gasteiger partial charge in [-0.05, 0) is 36.8 Å². The molecule has 1 aliphatic rings. The Morgan fingerprint density at radius 2 is 2.16 bits per heavy atom. The molecule has 1 N–H and O–H groups in total. The molecule has 1 saturated heterocycles. The Hall–Kier alpha value is -2.60. The van der Waals surface area contributed by atoms with Crippen LogP contribution in [-0.2, 0) is 11.3 Å². The van der Waals surface area contributed by atoms with Crippen molar-refractivity contribution in [2.45, 2.75) is 19.6 Å². The Morgan fingerprint density at radius 3 is 2.96 bits per heavy atom. The van der Waals surface area contributed by atoms with Gasteiger partial charge in [0.2, 0.25) is 0 Å². The van der Waals surface area contributed by atoms with E-state index in [1.165, 1.54) is 12.1 Å². The Bertz CT molecular complexity index is 738. The third-order valence-electron chi connectivity index (χ3n) is 3.91. The van der Waals surface area contributed by atoms with Crippen LogP contribution in [0.3, 0.4) is 0 Å². The highest BCUT2D eigenvalue weighted by Crippen LogP contribution is 2.19. The maximum Gasteiger partial charge on any atom is 0.322 e. The number of nitrogens with zero attached hydrogens (tertiary/aromatic N) is 1. The van der Waals surface area contributed by atoms with Crippen molar-refractivity contribution in [3.63, 3.8) is 0 Å². The second kappa shape index (κ2) is 7.98. The summed E-state index contributed by atoms with van der Waals surface area (Å²) in [6, 6.07) is 13.3. The molecule has 5 nitrogen and oxygen atoms in total. The molecular formula is C19H21FN2O3. The van der Waals surface area contributed by atoms with E-state index in [2.05, 4.69) is 5.32 Å². The van der Waals surface area contributed by atoms with Gasteiger partial charge in [0.25, 0.3) is 0 Å². The number of morpholine rings is 1. The highest BCUT2D eigenvalue weighted by atomic mass is 19.1. The molecule has 1 fully saturated rings. The fraction of sp³-hybridized carbons (Fsp3) is 0.316. The average Bonchev–Trinajstić information content (AvgIpc) is 2.60. The zero-order chi connectivity index (χ0) is 17.6. The van der Waals surface area contributed by atoms with Gasteiger partial charge in [0.15, 0.2) is 0 Å². The maximum absolute atomic E-state index is 13.2. The lowest BCUT2D eigenvalue weighted by atomic mass is 10.2. The minimum absolute atomic E-state index is 0.0421. The molecule has 1 aliphatic heterocycles. The lowest BCUT2D eigenvalue weighted by molar-refractivity contribution is -0.00138. The third-order valence-corrected chi connectivity index (χ3v) is 3.91. The van der Waals surface area contributed by atoms with Crippen LogP contribution < -0.4 is 10.1 Å². The molecule has 0 bridgehead atoms. The van der Waals surface area contributed by atoms with Gasteiger partial charge in [-0.3, -0.25) is 0 Å². The highest BCUT2D eigenvalue weighted by molar-refractivity contribution is 5.89. The molecule has 2 amide bonds. The molecule has 132 valence electrons. The van der Waals surface area contributed by atoms with Crippen molar-refractivity contribution < 1.29 is 18.7 Å². The zero-order valence-corrected chi connectivity index (χ0v) is 14.1. The first-order valence-corrected chi connectivity index (χ1v) is 8.25. The molecule has 0 aliphatic carbocycles. The molecule has 6 heteroatoms. The number of anilines is 1. The van der Waals surface area contributed by atoms with Gasteiger partial charge in [0.1, 0.15) is 18.2 Å². The predicted octanol–water partition coefficient (Wildman–Crippen LogP) is 3.66. The summed E-state index contributed by atoms with van der Waals surface area (Å²) in [5, 5.41) is 2.87. The summed E-state index contributed by atoms with van der Waals surface area (Å²) in [5.41, 5.74) is 1.40. The normalized spacial score (nSPS) is 17.2. The minimum atomic E-state index is -0.290. The highest BCUT2D eigenvalue weighted by Gasteiger charge is 2.21. The van der Waals surface area contributed by atoms with Crippen LogP contribution in [0, 0.1) is 5.82 Å². The fourth-order valence-corrected chi connectivity index (χ4v) is 2.66. The SMILES string of the molecule is CC1CN(C(=O)Nc2cccc(OCc3cccc(F)c3)c2)CCO1. The van der Waals surface area contributed by atoms with Crippen LogP contribution >= 0.6 is 0 Å². The summed E-state index contributed by atoms with van der Waals surface area (Å²) in [6.45, 7) is 3.90. The number of ether oxygens (including phenoxy) is 2. The number of nitrogens with one attached hydrogen (secondary N) is 1. The summed E-state index contributed by atoms with van der Waals surface area (Å²) in [6.07, 6.45) is 0.0421. The molecule has 0 aromatic heterocycles. The minimum Gasteiger partial charge on any atom is -0.489 e. The van der Waals surface area contributed by atoms with Gasteiger partial charge < -0.3 is 19.7 Å². The first-order chi connectivity index (χ1) is 12.1. The Kier molecular flexibility index (Phi) is 5.50. The van der Waals surface area contributed by atoms with E-state index in [1.807, 2.05) is 6.92 Å². The van der Waals surface area contributed by atoms with Crippen molar-refractivity contribution in [2.75, 3.05) is 25.0 Å². The van der Waals surface area contributed by atoms with E-state index in [-0.39, 0.29) is 24.6 Å². The molecule has 0 radical (unpaired) electrons. The van der Waals surface area contributed by atoms with Crippen LogP contribution in [0.15, 0.2) is 48.5 Å². The van der Waals surface area contributed by atoms with Crippen LogP contribution in [-0.4, -0.2) is 36.7 Å². The largest absolute Gasteiger partial charge is 0.489 e. The van der Waals surface area contributed by atoms with Crippen molar-refractivity contribution in [1.29, 1.82) is 0 Å². The first kappa shape index (κ1) is 17.2. The van der Waals surface area contributed by atoms with E-state index in [1.54, 1.807) is 41.3 Å². The van der Waals surface area contributed by atoms with E-state index >= 15 is 0 Å². The summed E-state index contributed by atoms with van der Waals surface area (Å²) in [5.74, 6) is 0.319. The van der Waals surface area contributed by atoms with Crippen molar-refractivity contribution in [1.82, 2.24) is 4.90 Å². The molecule has 0 spiro atoms. The number of benzene rings is 2. The molecular weight excluding hydrogens is 323 g/mol. The number of carbonyl (C=O) groups is 1. The smallest absolute Gasteiger partial charge is 0.322 e. The quantitative estimate of drug-likeness (QED) is 0.921. The van der Waals surface area contributed by atoms with Crippen molar-refractivity contribution >= 4 is 11.7 Å². The molecule has 3 rings (SSSR count). The molecule has 1 heterocycles. The van der Waals surface area contributed by atoms with Crippen molar-refractivity contribution in [2.24, 2.45) is 0 Å². The number of urea groups is 1. The summed E-state index contributed by atoms with van der Waals surface area (Å²) in [4.78, 5) is 14.0. The van der Waals surface area contributed by atoms with Crippen LogP contribution in [0.2, 0.25) is 0 Å². The standard InChI is InChI=1S/C19H21FN2O3/c1-14-12-22(8-9-24-14)19(23)21-17-6-3-7-18(11-17)25-13-15-4-2-5-16(20)10-15/h2-7,10-11,14H,8-9,12-13H2,1H3,(H,21,23). The Balaban J connectivity index is 1.58. The second-order valence-electron chi connectivity index (χ2n) is 6.00. The third kappa shape index (κ3) is 4.93. The maximum atomic E-state index is 13.2. The number of amides is 2. The van der Waals surface area contributed by atoms with E-state index in [0.29, 0.717) is 31.1 Å². The molecule has 1 unspecified atom stereocenters. The molecule has 2 aromatic rings. The first-order valence-electron chi connectivity index (χ1n) is 8.25. The van der Waals surface area contributed by atoms with Gasteiger partial charge in [-0.15, -0.1) is 0 Å². The number of hydrogen-bond donors (Lipinski definition) is 1. The molecule has 1 atom stereocenters. The fourth-order valence-electron chi connectivity index (χ4n) is 2.66. The van der Waals surface area contributed by atoms with E-state index in [4.69, 9.17) is 9.47 Å². The topological polar surface area (TPSA) is 50.8 Å². The predicted molar refractivity (Wildman–Crippen MR) is 93.2 cm³/mol. The van der Waals surface area contributed by atoms with E-state index in [9.17, 15) is 9.18 Å². The summed E-state index contributed by atoms with van der Waals surface area (Å²) in [7, 11) is 0. The summed E-state index contributed by atoms with van der Waals surface area (Å²) < 4.78 is 24.3. The van der Waals surface area contributed by atoms with Crippen LogP contribution in [0.4, 0.5) is 14.9 Å². The Morgan fingerprint density at radius 1 is 1.32 bits per heavy atom. The monoisotopic (exact) mass is 344 g/mol. The number of halogens is 1. The van der Waals surface area contributed by atoms with Gasteiger partial charge in [-0.2, -0.15) is 0 Å². The number of carbonyl (C=O) groups excluding carboxylic acids is 1. The Labute approximate surface area is 146 Å². The number of hydrogen-bond acceptors (Lipinski definition) is 3. The van der Waals surface area contributed by atoms with E-state index in [0.717, 1.165) is 5.56 Å². The molecule has 25 heavy (non-hydrogen) atoms. The van der Waals surface area contributed by atoms with Gasteiger partial charge in [-0.1, -0.05) is 18.2 Å². The van der Waals surface area contributed by atoms with Crippen LogP contribution in [0.1, 0.15) is 12.5 Å². The van der Waals surface area contributed by atoms with Gasteiger partial charge in [0, 0.05) is 24.8 Å². The van der Waals surface area contributed by atoms with Gasteiger partial charge >= 0.3 is 6.03 Å². The second-order valence-corrected chi connectivity index (χ2v) is 6.00. The zero-order valence-electron chi connectivity index (χ0n) is 14.1. The van der Waals surface area contributed by atoms with Gasteiger partial charge in [0.05, 0.1) is 12.7 Å². The van der Waals surface area contributed by atoms with Crippen molar-refractivity contribution in [3.05, 3.63) is 59.9 Å². The van der Waals surface area contributed by atoms with Crippen molar-refractivity contribution in [3.8, 4) is 5.75 Å². The lowest BCUT2D eigenvalue weighted by Crippen LogP contribution is -2.46. The number of rotatable bonds is 4. The summed E-state index contributed by atoms with van der Waals surface area (Å²) >= 11 is 0. The van der Waals surface area contributed by atoms with Crippen LogP contribution in [0.5, 0.6) is 5.75 Å². The lowest BCUT2D eigenvalue weighted by Gasteiger charge is -2.31. The molecule has 0 saturated carbocycles. The molecule has 2 aromatic carbocycles.